The first-order valence-corrected chi connectivity index (χ1v) is 11.6. The average molecular weight is 454 g/mol. The van der Waals surface area contributed by atoms with Crippen molar-refractivity contribution in [2.75, 3.05) is 43.4 Å². The number of anilines is 3. The summed E-state index contributed by atoms with van der Waals surface area (Å²) in [6.07, 6.45) is 5.47. The summed E-state index contributed by atoms with van der Waals surface area (Å²) in [6.45, 7) is 7.27. The minimum absolute atomic E-state index is 0.543. The number of rotatable bonds is 5. The molecule has 172 valence electrons. The minimum atomic E-state index is 0.543. The van der Waals surface area contributed by atoms with Crippen LogP contribution in [0.3, 0.4) is 0 Å². The van der Waals surface area contributed by atoms with Crippen molar-refractivity contribution >= 4 is 39.4 Å². The summed E-state index contributed by atoms with van der Waals surface area (Å²) in [5, 5.41) is 8.81. The number of nitrogens with one attached hydrogen (secondary N) is 1. The van der Waals surface area contributed by atoms with Gasteiger partial charge in [-0.3, -0.25) is 0 Å². The van der Waals surface area contributed by atoms with Gasteiger partial charge >= 0.3 is 0 Å². The lowest BCUT2D eigenvalue weighted by molar-refractivity contribution is 0.313. The first-order chi connectivity index (χ1) is 16.7. The van der Waals surface area contributed by atoms with Gasteiger partial charge in [0, 0.05) is 50.3 Å². The molecule has 9 nitrogen and oxygen atoms in total. The SMILES string of the molecule is CCn1cnc2ccc(-n3ncc4cnc(Nc5ccc(N6CCN(C)CC6)cc5)nc43)cc21. The molecule has 0 spiro atoms. The van der Waals surface area contributed by atoms with Crippen LogP contribution >= 0.6 is 0 Å². The molecule has 1 aliphatic rings. The maximum absolute atomic E-state index is 4.78. The summed E-state index contributed by atoms with van der Waals surface area (Å²) in [4.78, 5) is 18.5. The molecule has 1 fully saturated rings. The topological polar surface area (TPSA) is 79.9 Å². The Kier molecular flexibility index (Phi) is 5.10. The number of aromatic nitrogens is 6. The van der Waals surface area contributed by atoms with Crippen molar-refractivity contribution in [1.82, 2.24) is 34.2 Å². The van der Waals surface area contributed by atoms with Gasteiger partial charge in [0.05, 0.1) is 34.6 Å². The molecule has 0 atom stereocenters. The lowest BCUT2D eigenvalue weighted by Crippen LogP contribution is -2.44. The summed E-state index contributed by atoms with van der Waals surface area (Å²) in [5.74, 6) is 0.543. The molecule has 1 N–H and O–H groups in total. The Balaban J connectivity index is 1.26. The monoisotopic (exact) mass is 453 g/mol. The van der Waals surface area contributed by atoms with Crippen LogP contribution in [-0.2, 0) is 6.54 Å². The highest BCUT2D eigenvalue weighted by molar-refractivity contribution is 5.81. The Bertz CT molecular complexity index is 1440. The molecule has 0 bridgehead atoms. The second kappa shape index (κ2) is 8.42. The first-order valence-electron chi connectivity index (χ1n) is 11.6. The van der Waals surface area contributed by atoms with E-state index in [4.69, 9.17) is 4.98 Å². The van der Waals surface area contributed by atoms with E-state index < -0.39 is 0 Å². The summed E-state index contributed by atoms with van der Waals surface area (Å²) in [7, 11) is 2.17. The lowest BCUT2D eigenvalue weighted by Gasteiger charge is -2.34. The van der Waals surface area contributed by atoms with E-state index in [1.165, 1.54) is 5.69 Å². The molecule has 0 saturated carbocycles. The fourth-order valence-corrected chi connectivity index (χ4v) is 4.44. The zero-order valence-electron chi connectivity index (χ0n) is 19.4. The molecule has 1 aliphatic heterocycles. The van der Waals surface area contributed by atoms with E-state index in [2.05, 4.69) is 79.1 Å². The van der Waals surface area contributed by atoms with Crippen LogP contribution in [0.25, 0.3) is 27.8 Å². The van der Waals surface area contributed by atoms with Crippen molar-refractivity contribution in [3.63, 3.8) is 0 Å². The molecular formula is C25H27N9. The average Bonchev–Trinajstić information content (AvgIpc) is 3.48. The number of likely N-dealkylation sites (N-methyl/N-ethyl adjacent to an activating group) is 1. The van der Waals surface area contributed by atoms with Crippen LogP contribution in [0.4, 0.5) is 17.3 Å². The Morgan fingerprint density at radius 2 is 1.71 bits per heavy atom. The largest absolute Gasteiger partial charge is 0.369 e. The molecule has 9 heteroatoms. The molecule has 2 aromatic carbocycles. The molecule has 0 amide bonds. The van der Waals surface area contributed by atoms with Gasteiger partial charge in [-0.05, 0) is 56.4 Å². The second-order valence-electron chi connectivity index (χ2n) is 8.69. The van der Waals surface area contributed by atoms with Crippen LogP contribution in [0.2, 0.25) is 0 Å². The smallest absolute Gasteiger partial charge is 0.229 e. The van der Waals surface area contributed by atoms with E-state index in [1.54, 1.807) is 6.20 Å². The van der Waals surface area contributed by atoms with Gasteiger partial charge in [-0.15, -0.1) is 0 Å². The Labute approximate surface area is 197 Å². The van der Waals surface area contributed by atoms with Crippen molar-refractivity contribution in [1.29, 1.82) is 0 Å². The van der Waals surface area contributed by atoms with Gasteiger partial charge in [-0.1, -0.05) is 0 Å². The number of imidazole rings is 1. The molecule has 0 radical (unpaired) electrons. The number of hydrogen-bond acceptors (Lipinski definition) is 7. The van der Waals surface area contributed by atoms with Gasteiger partial charge in [-0.2, -0.15) is 10.1 Å². The normalized spacial score (nSPS) is 14.8. The van der Waals surface area contributed by atoms with E-state index in [9.17, 15) is 0 Å². The molecule has 4 heterocycles. The molecular weight excluding hydrogens is 426 g/mol. The van der Waals surface area contributed by atoms with Crippen LogP contribution in [-0.4, -0.2) is 67.4 Å². The second-order valence-corrected chi connectivity index (χ2v) is 8.69. The van der Waals surface area contributed by atoms with Crippen LogP contribution in [0.5, 0.6) is 0 Å². The van der Waals surface area contributed by atoms with Crippen molar-refractivity contribution in [2.45, 2.75) is 13.5 Å². The highest BCUT2D eigenvalue weighted by Crippen LogP contribution is 2.24. The quantitative estimate of drug-likeness (QED) is 0.435. The van der Waals surface area contributed by atoms with Crippen molar-refractivity contribution in [2.24, 2.45) is 0 Å². The molecule has 1 saturated heterocycles. The third kappa shape index (κ3) is 3.73. The number of nitrogens with zero attached hydrogens (tertiary/aromatic N) is 8. The first kappa shape index (κ1) is 20.6. The predicted octanol–water partition coefficient (Wildman–Crippen LogP) is 3.68. The van der Waals surface area contributed by atoms with Crippen LogP contribution in [0, 0.1) is 0 Å². The molecule has 34 heavy (non-hydrogen) atoms. The van der Waals surface area contributed by atoms with Crippen LogP contribution < -0.4 is 10.2 Å². The summed E-state index contributed by atoms with van der Waals surface area (Å²) < 4.78 is 3.98. The third-order valence-corrected chi connectivity index (χ3v) is 6.49. The van der Waals surface area contributed by atoms with Crippen molar-refractivity contribution in [3.8, 4) is 5.69 Å². The molecule has 3 aromatic heterocycles. The van der Waals surface area contributed by atoms with Gasteiger partial charge in [-0.25, -0.2) is 14.6 Å². The number of hydrogen-bond donors (Lipinski definition) is 1. The van der Waals surface area contributed by atoms with Gasteiger partial charge in [0.2, 0.25) is 5.95 Å². The summed E-state index contributed by atoms with van der Waals surface area (Å²) in [5.41, 5.74) is 5.95. The standard InChI is InChI=1S/C25H27N9/c1-3-32-17-27-22-9-8-21(14-23(22)32)34-24-18(16-28-34)15-26-25(30-24)29-19-4-6-20(7-5-19)33-12-10-31(2)11-13-33/h4-9,14-17H,3,10-13H2,1-2H3,(H,26,29,30). The maximum Gasteiger partial charge on any atom is 0.229 e. The van der Waals surface area contributed by atoms with E-state index in [0.29, 0.717) is 5.95 Å². The number of fused-ring (bicyclic) bond motifs is 2. The molecule has 0 aliphatic carbocycles. The molecule has 6 rings (SSSR count). The highest BCUT2D eigenvalue weighted by Gasteiger charge is 2.14. The number of piperazine rings is 1. The van der Waals surface area contributed by atoms with Crippen molar-refractivity contribution in [3.05, 3.63) is 61.2 Å². The summed E-state index contributed by atoms with van der Waals surface area (Å²) >= 11 is 0. The third-order valence-electron chi connectivity index (χ3n) is 6.49. The predicted molar refractivity (Wildman–Crippen MR) is 135 cm³/mol. The van der Waals surface area contributed by atoms with Crippen molar-refractivity contribution < 1.29 is 0 Å². The van der Waals surface area contributed by atoms with Gasteiger partial charge < -0.3 is 19.7 Å². The molecule has 0 unspecified atom stereocenters. The fraction of sp³-hybridized carbons (Fsp3) is 0.280. The maximum atomic E-state index is 4.78. The van der Waals surface area contributed by atoms with E-state index in [1.807, 2.05) is 29.3 Å². The zero-order valence-corrected chi connectivity index (χ0v) is 19.4. The van der Waals surface area contributed by atoms with E-state index in [-0.39, 0.29) is 0 Å². The summed E-state index contributed by atoms with van der Waals surface area (Å²) in [6, 6.07) is 14.6. The van der Waals surface area contributed by atoms with E-state index in [0.717, 1.165) is 66.2 Å². The van der Waals surface area contributed by atoms with Crippen LogP contribution in [0.15, 0.2) is 61.2 Å². The van der Waals surface area contributed by atoms with Crippen LogP contribution in [0.1, 0.15) is 6.92 Å². The highest BCUT2D eigenvalue weighted by atomic mass is 15.3. The zero-order chi connectivity index (χ0) is 23.1. The Morgan fingerprint density at radius 1 is 0.912 bits per heavy atom. The molecule has 5 aromatic rings. The Morgan fingerprint density at radius 3 is 2.50 bits per heavy atom. The number of aryl methyl sites for hydroxylation is 1. The lowest BCUT2D eigenvalue weighted by atomic mass is 10.2. The minimum Gasteiger partial charge on any atom is -0.369 e. The van der Waals surface area contributed by atoms with E-state index >= 15 is 0 Å². The Hall–Kier alpha value is -3.98. The fourth-order valence-electron chi connectivity index (χ4n) is 4.44. The number of benzene rings is 2. The van der Waals surface area contributed by atoms with Gasteiger partial charge in [0.1, 0.15) is 0 Å². The van der Waals surface area contributed by atoms with Gasteiger partial charge in [0.25, 0.3) is 0 Å². The van der Waals surface area contributed by atoms with Gasteiger partial charge in [0.15, 0.2) is 5.65 Å².